The first-order chi connectivity index (χ1) is 33.8. The number of ether oxygens (including phenoxy) is 2. The van der Waals surface area contributed by atoms with Crippen molar-refractivity contribution in [1.29, 1.82) is 0 Å². The number of hydrogen-bond acceptors (Lipinski definition) is 14. The Hall–Kier alpha value is -8.47. The van der Waals surface area contributed by atoms with Crippen LogP contribution in [0.25, 0.3) is 11.0 Å². The first-order valence-electron chi connectivity index (χ1n) is 20.7. The molecule has 3 aromatic heterocycles. The third-order valence-corrected chi connectivity index (χ3v) is 9.33. The number of nitrogens with zero attached hydrogens (tertiary/aromatic N) is 6. The molecule has 0 atom stereocenters. The highest BCUT2D eigenvalue weighted by Gasteiger charge is 2.31. The van der Waals surface area contributed by atoms with E-state index in [1.54, 1.807) is 81.0 Å². The standard InChI is InChI=1S/C23H20F3N5O2.C15H16N4O4.C8H4F3NS.CH4O.5CH4/c1-3-21(32)30-20-13-17(10-11-27-20)33-16-8-9-19-18(12-16)29-22(31(19)2)28-15-6-4-14(5-7-15)23(24,25)26;1-3-15(20)18-14-9-11(6-7-17-14)23-10-4-5-12(16-2)13(8-10)19(21)22;9-8(10,11)6-1-3-7(4-2-6)12-5-13;1-2;;;;;/h4-13H,3H2,1-2H3,(H,28,29)(H,27,30,32);4-9,16H,3H2,1-2H3,(H,17,18,20);1-4H;2H,1H3;5*1H4. The van der Waals surface area contributed by atoms with E-state index >= 15 is 0 Å². The average Bonchev–Trinajstić information content (AvgIpc) is 3.65. The normalized spacial score (nSPS) is 9.89. The van der Waals surface area contributed by atoms with Crippen molar-refractivity contribution < 1.29 is 55.4 Å². The van der Waals surface area contributed by atoms with Crippen LogP contribution in [0.4, 0.5) is 66.7 Å². The molecule has 0 aliphatic carbocycles. The minimum Gasteiger partial charge on any atom is -0.457 e. The fourth-order valence-corrected chi connectivity index (χ4v) is 5.87. The molecule has 3 heterocycles. The van der Waals surface area contributed by atoms with Gasteiger partial charge in [0.2, 0.25) is 17.8 Å². The number of aromatic nitrogens is 4. The molecule has 0 saturated heterocycles. The lowest BCUT2D eigenvalue weighted by atomic mass is 10.2. The van der Waals surface area contributed by atoms with Gasteiger partial charge in [-0.1, -0.05) is 51.0 Å². The van der Waals surface area contributed by atoms with Gasteiger partial charge in [0.1, 0.15) is 40.3 Å². The minimum atomic E-state index is -4.38. The zero-order valence-corrected chi connectivity index (χ0v) is 39.0. The number of alkyl halides is 6. The summed E-state index contributed by atoms with van der Waals surface area (Å²) in [6, 6.07) is 25.4. The molecule has 412 valence electrons. The maximum atomic E-state index is 12.8. The van der Waals surface area contributed by atoms with Crippen LogP contribution in [-0.4, -0.2) is 60.7 Å². The van der Waals surface area contributed by atoms with Crippen LogP contribution in [0, 0.1) is 10.1 Å². The molecule has 7 rings (SSSR count). The quantitative estimate of drug-likeness (QED) is 0.0239. The number of aliphatic hydroxyl groups excluding tert-OH is 1. The lowest BCUT2D eigenvalue weighted by Gasteiger charge is -2.09. The number of nitrogens with one attached hydrogen (secondary N) is 4. The minimum absolute atomic E-state index is 0. The number of aryl methyl sites for hydroxylation is 1. The molecule has 0 aliphatic heterocycles. The highest BCUT2D eigenvalue weighted by atomic mass is 32.1. The van der Waals surface area contributed by atoms with Crippen molar-refractivity contribution in [3.05, 3.63) is 143 Å². The van der Waals surface area contributed by atoms with E-state index in [1.807, 2.05) is 6.07 Å². The lowest BCUT2D eigenvalue weighted by Crippen LogP contribution is -2.10. The number of benzene rings is 4. The Balaban J connectivity index is 0. The van der Waals surface area contributed by atoms with Crippen molar-refractivity contribution >= 4 is 80.6 Å². The number of hydrogen-bond donors (Lipinski definition) is 5. The molecule has 0 aliphatic rings. The van der Waals surface area contributed by atoms with Crippen LogP contribution < -0.4 is 30.7 Å². The monoisotopic (exact) mass is 1090 g/mol. The molecule has 0 spiro atoms. The number of imidazole rings is 1. The summed E-state index contributed by atoms with van der Waals surface area (Å²) in [7, 11) is 4.41. The smallest absolute Gasteiger partial charge is 0.416 e. The molecule has 0 saturated carbocycles. The van der Waals surface area contributed by atoms with Gasteiger partial charge >= 0.3 is 12.4 Å². The molecule has 4 aromatic carbocycles. The highest BCUT2D eigenvalue weighted by Crippen LogP contribution is 2.34. The summed E-state index contributed by atoms with van der Waals surface area (Å²) >= 11 is 4.30. The molecular formula is C52H64F6N10O7S. The number of pyridine rings is 2. The maximum Gasteiger partial charge on any atom is 0.416 e. The summed E-state index contributed by atoms with van der Waals surface area (Å²) in [6.45, 7) is 3.48. The molecular weight excluding hydrogens is 1020 g/mol. The van der Waals surface area contributed by atoms with E-state index in [0.717, 1.165) is 36.9 Å². The lowest BCUT2D eigenvalue weighted by molar-refractivity contribution is -0.384. The summed E-state index contributed by atoms with van der Waals surface area (Å²) < 4.78 is 87.7. The van der Waals surface area contributed by atoms with Crippen LogP contribution in [0.3, 0.4) is 0 Å². The van der Waals surface area contributed by atoms with Crippen LogP contribution >= 0.6 is 12.2 Å². The van der Waals surface area contributed by atoms with Crippen LogP contribution in [0.1, 0.15) is 74.9 Å². The molecule has 17 nitrogen and oxygen atoms in total. The van der Waals surface area contributed by atoms with Crippen molar-refractivity contribution in [1.82, 2.24) is 19.5 Å². The van der Waals surface area contributed by atoms with E-state index < -0.39 is 28.4 Å². The van der Waals surface area contributed by atoms with E-state index in [0.29, 0.717) is 76.0 Å². The molecule has 0 unspecified atom stereocenters. The van der Waals surface area contributed by atoms with Gasteiger partial charge in [-0.2, -0.15) is 31.3 Å². The molecule has 2 amide bonds. The molecule has 0 bridgehead atoms. The third-order valence-electron chi connectivity index (χ3n) is 9.24. The second kappa shape index (κ2) is 32.7. The Labute approximate surface area is 443 Å². The largest absolute Gasteiger partial charge is 0.457 e. The third kappa shape index (κ3) is 20.8. The average molecular weight is 1090 g/mol. The SMILES string of the molecule is C.C.C.C.C.CCC(=O)Nc1cc(Oc2ccc(NC)c([N+](=O)[O-])c2)ccn1.CCC(=O)Nc1cc(Oc2ccc3c(c2)nc(Nc2ccc(C(F)(F)F)cc2)n3C)ccn1.CO.FC(F)(F)c1ccc(N=C=S)cc1. The number of anilines is 5. The van der Waals surface area contributed by atoms with Gasteiger partial charge in [0.25, 0.3) is 5.69 Å². The van der Waals surface area contributed by atoms with Crippen molar-refractivity contribution in [3.8, 4) is 23.0 Å². The van der Waals surface area contributed by atoms with Gasteiger partial charge in [-0.05, 0) is 97.1 Å². The number of thiocarbonyl (C=S) groups is 1. The molecule has 24 heteroatoms. The number of nitro benzene ring substituents is 1. The Bertz CT molecular complexity index is 2970. The number of fused-ring (bicyclic) bond motifs is 1. The highest BCUT2D eigenvalue weighted by molar-refractivity contribution is 7.78. The number of halogens is 6. The van der Waals surface area contributed by atoms with Crippen molar-refractivity contribution in [3.63, 3.8) is 0 Å². The van der Waals surface area contributed by atoms with Crippen molar-refractivity contribution in [2.24, 2.45) is 12.0 Å². The zero-order valence-electron chi connectivity index (χ0n) is 38.2. The Morgan fingerprint density at radius 3 is 1.59 bits per heavy atom. The Morgan fingerprint density at radius 2 is 1.16 bits per heavy atom. The molecule has 0 radical (unpaired) electrons. The molecule has 0 fully saturated rings. The van der Waals surface area contributed by atoms with Crippen LogP contribution in [0.5, 0.6) is 23.0 Å². The van der Waals surface area contributed by atoms with Gasteiger partial charge in [-0.3, -0.25) is 19.7 Å². The summed E-state index contributed by atoms with van der Waals surface area (Å²) in [5.41, 5.74) is 1.19. The topological polar surface area (TPSA) is 220 Å². The maximum absolute atomic E-state index is 12.8. The van der Waals surface area contributed by atoms with E-state index in [9.17, 15) is 46.0 Å². The van der Waals surface area contributed by atoms with E-state index in [1.165, 1.54) is 42.7 Å². The number of rotatable bonds is 13. The van der Waals surface area contributed by atoms with Crippen LogP contribution in [-0.2, 0) is 29.0 Å². The van der Waals surface area contributed by atoms with Gasteiger partial charge < -0.3 is 40.4 Å². The number of aliphatic imine (C=N–C) groups is 1. The zero-order chi connectivity index (χ0) is 52.3. The fourth-order valence-electron chi connectivity index (χ4n) is 5.76. The number of carbonyl (C=O) groups is 2. The second-order valence-electron chi connectivity index (χ2n) is 14.0. The number of isothiocyanates is 1. The second-order valence-corrected chi connectivity index (χ2v) is 14.2. The van der Waals surface area contributed by atoms with E-state index in [-0.39, 0.29) is 54.6 Å². The Kier molecular flexibility index (Phi) is 29.9. The summed E-state index contributed by atoms with van der Waals surface area (Å²) in [5.74, 6) is 2.65. The van der Waals surface area contributed by atoms with Gasteiger partial charge in [-0.15, -0.1) is 0 Å². The molecule has 7 aromatic rings. The summed E-state index contributed by atoms with van der Waals surface area (Å²) in [4.78, 5) is 49.7. The summed E-state index contributed by atoms with van der Waals surface area (Å²) in [5, 5.41) is 31.2. The van der Waals surface area contributed by atoms with Crippen molar-refractivity contribution in [2.45, 2.75) is 76.2 Å². The predicted octanol–water partition coefficient (Wildman–Crippen LogP) is 15.3. The Morgan fingerprint density at radius 1 is 0.711 bits per heavy atom. The molecule has 76 heavy (non-hydrogen) atoms. The first-order valence-corrected chi connectivity index (χ1v) is 21.1. The van der Waals surface area contributed by atoms with Crippen LogP contribution in [0.15, 0.2) is 127 Å². The van der Waals surface area contributed by atoms with Gasteiger partial charge in [0.05, 0.1) is 44.0 Å². The number of nitro groups is 1. The predicted molar refractivity (Wildman–Crippen MR) is 292 cm³/mol. The van der Waals surface area contributed by atoms with Crippen molar-refractivity contribution in [2.75, 3.05) is 35.4 Å². The fraction of sp³-hybridized carbons (Fsp3) is 0.269. The van der Waals surface area contributed by atoms with Crippen LogP contribution in [0.2, 0.25) is 0 Å². The summed E-state index contributed by atoms with van der Waals surface area (Å²) in [6.07, 6.45) is -5.00. The number of carbonyl (C=O) groups excluding carboxylic acids is 2. The number of amides is 2. The van der Waals surface area contributed by atoms with E-state index in [4.69, 9.17) is 14.6 Å². The van der Waals surface area contributed by atoms with Gasteiger partial charge in [0, 0.05) is 70.3 Å². The number of aliphatic hydroxyl groups is 1. The van der Waals surface area contributed by atoms with E-state index in [2.05, 4.69) is 58.6 Å². The first kappa shape index (κ1) is 69.6. The van der Waals surface area contributed by atoms with Gasteiger partial charge in [0.15, 0.2) is 0 Å². The molecule has 5 N–H and O–H groups in total. The van der Waals surface area contributed by atoms with Gasteiger partial charge in [-0.25, -0.2) is 15.0 Å².